The number of para-hydroxylation sites is 1. The smallest absolute Gasteiger partial charge is 0.295 e. The van der Waals surface area contributed by atoms with Gasteiger partial charge in [0.1, 0.15) is 6.54 Å². The van der Waals surface area contributed by atoms with Crippen LogP contribution in [-0.2, 0) is 16.1 Å². The second-order valence-electron chi connectivity index (χ2n) is 9.81. The van der Waals surface area contributed by atoms with E-state index in [0.29, 0.717) is 18.7 Å². The van der Waals surface area contributed by atoms with Crippen LogP contribution in [0, 0.1) is 11.8 Å². The molecule has 0 atom stereocenters. The third kappa shape index (κ3) is 5.78. The number of likely N-dealkylation sites (tertiary alicyclic amines) is 1. The van der Waals surface area contributed by atoms with Gasteiger partial charge in [0, 0.05) is 43.3 Å². The van der Waals surface area contributed by atoms with Crippen molar-refractivity contribution in [1.82, 2.24) is 14.4 Å². The molecule has 6 heteroatoms. The number of hydrogen-bond donors (Lipinski definition) is 0. The molecule has 6 nitrogen and oxygen atoms in total. The Morgan fingerprint density at radius 3 is 2.09 bits per heavy atom. The van der Waals surface area contributed by atoms with Crippen LogP contribution >= 0.6 is 0 Å². The van der Waals surface area contributed by atoms with E-state index in [1.165, 1.54) is 12.8 Å². The fourth-order valence-electron chi connectivity index (χ4n) is 4.51. The molecule has 174 valence electrons. The summed E-state index contributed by atoms with van der Waals surface area (Å²) in [5.74, 6) is -0.340. The second kappa shape index (κ2) is 10.8. The summed E-state index contributed by atoms with van der Waals surface area (Å²) < 4.78 is 1.83. The number of carbonyl (C=O) groups is 3. The van der Waals surface area contributed by atoms with Gasteiger partial charge in [0.25, 0.3) is 11.7 Å². The van der Waals surface area contributed by atoms with Crippen molar-refractivity contribution in [3.05, 3.63) is 36.0 Å². The molecule has 1 aliphatic heterocycles. The van der Waals surface area contributed by atoms with Crippen molar-refractivity contribution in [3.63, 3.8) is 0 Å². The van der Waals surface area contributed by atoms with Gasteiger partial charge in [0.15, 0.2) is 0 Å². The molecular formula is C26H37N3O3. The maximum Gasteiger partial charge on any atom is 0.295 e. The first kappa shape index (κ1) is 24.0. The highest BCUT2D eigenvalue weighted by atomic mass is 16.2. The third-order valence-electron chi connectivity index (χ3n) is 5.95. The minimum Gasteiger partial charge on any atom is -0.341 e. The maximum atomic E-state index is 13.3. The highest BCUT2D eigenvalue weighted by Crippen LogP contribution is 2.23. The Labute approximate surface area is 191 Å². The predicted molar refractivity (Wildman–Crippen MR) is 128 cm³/mol. The van der Waals surface area contributed by atoms with Gasteiger partial charge in [-0.15, -0.1) is 0 Å². The maximum absolute atomic E-state index is 13.3. The van der Waals surface area contributed by atoms with E-state index in [4.69, 9.17) is 0 Å². The van der Waals surface area contributed by atoms with Crippen LogP contribution in [0.5, 0.6) is 0 Å². The molecule has 0 radical (unpaired) electrons. The summed E-state index contributed by atoms with van der Waals surface area (Å²) in [5, 5.41) is 0.726. The van der Waals surface area contributed by atoms with Crippen LogP contribution in [0.4, 0.5) is 0 Å². The fraction of sp³-hybridized carbons (Fsp3) is 0.577. The van der Waals surface area contributed by atoms with Crippen LogP contribution in [0.15, 0.2) is 30.5 Å². The lowest BCUT2D eigenvalue weighted by Crippen LogP contribution is -2.41. The first-order chi connectivity index (χ1) is 15.3. The summed E-state index contributed by atoms with van der Waals surface area (Å²) in [7, 11) is 0. The molecule has 0 saturated carbocycles. The molecule has 0 unspecified atom stereocenters. The predicted octanol–water partition coefficient (Wildman–Crippen LogP) is 4.37. The Morgan fingerprint density at radius 2 is 1.50 bits per heavy atom. The molecule has 1 aromatic carbocycles. The van der Waals surface area contributed by atoms with E-state index < -0.39 is 11.7 Å². The molecule has 1 aromatic heterocycles. The molecule has 2 aromatic rings. The molecule has 1 saturated heterocycles. The number of amides is 2. The number of benzene rings is 1. The average Bonchev–Trinajstić information content (AvgIpc) is 2.91. The standard InChI is InChI=1S/C26H37N3O3/c1-19(2)15-29(16-20(3)4)26(32)25(31)22-17-28(23-12-8-7-11-21(22)23)18-24(30)27-13-9-5-6-10-14-27/h7-8,11-12,17,19-20H,5-6,9-10,13-16,18H2,1-4H3. The lowest BCUT2D eigenvalue weighted by atomic mass is 10.1. The summed E-state index contributed by atoms with van der Waals surface area (Å²) in [6.07, 6.45) is 6.11. The monoisotopic (exact) mass is 439 g/mol. The summed E-state index contributed by atoms with van der Waals surface area (Å²) in [4.78, 5) is 43.1. The SMILES string of the molecule is CC(C)CN(CC(C)C)C(=O)C(=O)c1cn(CC(=O)N2CCCCCC2)c2ccccc12. The molecule has 2 amide bonds. The number of hydrogen-bond acceptors (Lipinski definition) is 3. The fourth-order valence-corrected chi connectivity index (χ4v) is 4.51. The van der Waals surface area contributed by atoms with Crippen molar-refractivity contribution in [2.45, 2.75) is 59.9 Å². The molecule has 0 spiro atoms. The lowest BCUT2D eigenvalue weighted by molar-refractivity contribution is -0.131. The second-order valence-corrected chi connectivity index (χ2v) is 9.81. The van der Waals surface area contributed by atoms with Gasteiger partial charge in [-0.3, -0.25) is 14.4 Å². The topological polar surface area (TPSA) is 62.6 Å². The first-order valence-electron chi connectivity index (χ1n) is 12.0. The van der Waals surface area contributed by atoms with E-state index in [1.54, 1.807) is 11.1 Å². The van der Waals surface area contributed by atoms with E-state index in [0.717, 1.165) is 36.8 Å². The van der Waals surface area contributed by atoms with Crippen LogP contribution in [0.25, 0.3) is 10.9 Å². The quantitative estimate of drug-likeness (QED) is 0.453. The van der Waals surface area contributed by atoms with Gasteiger partial charge >= 0.3 is 0 Å². The summed E-state index contributed by atoms with van der Waals surface area (Å²) in [6.45, 7) is 11.1. The molecule has 2 heterocycles. The molecule has 3 rings (SSSR count). The lowest BCUT2D eigenvalue weighted by Gasteiger charge is -2.25. The number of fused-ring (bicyclic) bond motifs is 1. The number of aromatic nitrogens is 1. The van der Waals surface area contributed by atoms with E-state index in [2.05, 4.69) is 0 Å². The van der Waals surface area contributed by atoms with Gasteiger partial charge in [-0.25, -0.2) is 0 Å². The van der Waals surface area contributed by atoms with Crippen LogP contribution in [0.1, 0.15) is 63.7 Å². The van der Waals surface area contributed by atoms with Crippen molar-refractivity contribution in [1.29, 1.82) is 0 Å². The molecule has 1 aliphatic rings. The number of ketones is 1. The molecule has 0 N–H and O–H groups in total. The van der Waals surface area contributed by atoms with E-state index in [9.17, 15) is 14.4 Å². The highest BCUT2D eigenvalue weighted by Gasteiger charge is 2.28. The van der Waals surface area contributed by atoms with Crippen molar-refractivity contribution in [3.8, 4) is 0 Å². The zero-order valence-corrected chi connectivity index (χ0v) is 20.0. The van der Waals surface area contributed by atoms with Gasteiger partial charge in [-0.1, -0.05) is 58.7 Å². The normalized spacial score (nSPS) is 14.8. The largest absolute Gasteiger partial charge is 0.341 e. The van der Waals surface area contributed by atoms with Gasteiger partial charge in [-0.2, -0.15) is 0 Å². The molecule has 1 fully saturated rings. The van der Waals surface area contributed by atoms with Gasteiger partial charge in [0.2, 0.25) is 5.91 Å². The summed E-state index contributed by atoms with van der Waals surface area (Å²) in [6, 6.07) is 7.53. The Morgan fingerprint density at radius 1 is 0.906 bits per heavy atom. The van der Waals surface area contributed by atoms with Gasteiger partial charge < -0.3 is 14.4 Å². The van der Waals surface area contributed by atoms with Crippen LogP contribution in [-0.4, -0.2) is 58.1 Å². The van der Waals surface area contributed by atoms with Crippen molar-refractivity contribution in [2.75, 3.05) is 26.2 Å². The van der Waals surface area contributed by atoms with Crippen molar-refractivity contribution < 1.29 is 14.4 Å². The Bertz CT molecular complexity index is 942. The van der Waals surface area contributed by atoms with Crippen LogP contribution in [0.3, 0.4) is 0 Å². The molecular weight excluding hydrogens is 402 g/mol. The minimum absolute atomic E-state index is 0.0687. The van der Waals surface area contributed by atoms with E-state index in [-0.39, 0.29) is 24.3 Å². The van der Waals surface area contributed by atoms with E-state index in [1.807, 2.05) is 61.4 Å². The number of Topliss-reactive ketones (excluding diaryl/α,β-unsaturated/α-hetero) is 1. The first-order valence-corrected chi connectivity index (χ1v) is 12.0. The Hall–Kier alpha value is -2.63. The Balaban J connectivity index is 1.87. The van der Waals surface area contributed by atoms with Gasteiger partial charge in [0.05, 0.1) is 5.56 Å². The Kier molecular flexibility index (Phi) is 8.10. The van der Waals surface area contributed by atoms with Crippen molar-refractivity contribution in [2.24, 2.45) is 11.8 Å². The van der Waals surface area contributed by atoms with E-state index >= 15 is 0 Å². The number of rotatable bonds is 8. The zero-order chi connectivity index (χ0) is 23.3. The average molecular weight is 440 g/mol. The summed E-state index contributed by atoms with van der Waals surface area (Å²) in [5.41, 5.74) is 1.19. The number of carbonyl (C=O) groups excluding carboxylic acids is 3. The number of nitrogens with zero attached hydrogens (tertiary/aromatic N) is 3. The molecule has 32 heavy (non-hydrogen) atoms. The zero-order valence-electron chi connectivity index (χ0n) is 20.0. The minimum atomic E-state index is -0.497. The highest BCUT2D eigenvalue weighted by molar-refractivity contribution is 6.44. The van der Waals surface area contributed by atoms with Crippen LogP contribution in [0.2, 0.25) is 0 Å². The third-order valence-corrected chi connectivity index (χ3v) is 5.95. The van der Waals surface area contributed by atoms with Crippen LogP contribution < -0.4 is 0 Å². The van der Waals surface area contributed by atoms with Crippen molar-refractivity contribution >= 4 is 28.5 Å². The molecule has 0 bridgehead atoms. The summed E-state index contributed by atoms with van der Waals surface area (Å²) >= 11 is 0. The molecule has 0 aliphatic carbocycles. The van der Waals surface area contributed by atoms with Gasteiger partial charge in [-0.05, 0) is 30.7 Å².